The molecule has 2 N–H and O–H groups in total. The number of hydrogen-bond acceptors (Lipinski definition) is 4. The van der Waals surface area contributed by atoms with Crippen molar-refractivity contribution < 1.29 is 9.18 Å². The van der Waals surface area contributed by atoms with Gasteiger partial charge in [-0.25, -0.2) is 4.39 Å². The Hall–Kier alpha value is -3.06. The Morgan fingerprint density at radius 1 is 1.21 bits per heavy atom. The highest BCUT2D eigenvalue weighted by Crippen LogP contribution is 2.24. The Morgan fingerprint density at radius 3 is 2.83 bits per heavy atom. The predicted octanol–water partition coefficient (Wildman–Crippen LogP) is 2.53. The van der Waals surface area contributed by atoms with E-state index in [2.05, 4.69) is 20.7 Å². The van der Waals surface area contributed by atoms with Gasteiger partial charge in [0.25, 0.3) is 5.91 Å². The van der Waals surface area contributed by atoms with E-state index >= 15 is 0 Å². The van der Waals surface area contributed by atoms with Crippen LogP contribution in [0.2, 0.25) is 0 Å². The molecule has 4 rings (SSSR count). The molecule has 2 heterocycles. The van der Waals surface area contributed by atoms with Gasteiger partial charge in [0.2, 0.25) is 0 Å². The van der Waals surface area contributed by atoms with Crippen LogP contribution in [-0.2, 0) is 33.0 Å². The maximum Gasteiger partial charge on any atom is 0.272 e. The van der Waals surface area contributed by atoms with Gasteiger partial charge in [0.05, 0.1) is 5.69 Å². The lowest BCUT2D eigenvalue weighted by molar-refractivity contribution is 0.0943. The van der Waals surface area contributed by atoms with Crippen molar-refractivity contribution in [2.45, 2.75) is 38.4 Å². The predicted molar refractivity (Wildman–Crippen MR) is 108 cm³/mol. The molecule has 7 heteroatoms. The molecule has 150 valence electrons. The van der Waals surface area contributed by atoms with Crippen molar-refractivity contribution in [2.75, 3.05) is 0 Å². The van der Waals surface area contributed by atoms with E-state index in [1.54, 1.807) is 29.1 Å². The third-order valence-corrected chi connectivity index (χ3v) is 5.37. The molecule has 0 saturated heterocycles. The second-order valence-corrected chi connectivity index (χ2v) is 7.31. The maximum atomic E-state index is 13.8. The average molecular weight is 393 g/mol. The third kappa shape index (κ3) is 4.35. The van der Waals surface area contributed by atoms with Gasteiger partial charge in [-0.15, -0.1) is 0 Å². The van der Waals surface area contributed by atoms with Crippen LogP contribution in [0.15, 0.2) is 48.7 Å². The molecule has 2 aromatic heterocycles. The molecule has 0 aliphatic heterocycles. The minimum atomic E-state index is -0.324. The van der Waals surface area contributed by atoms with Gasteiger partial charge in [-0.1, -0.05) is 24.3 Å². The van der Waals surface area contributed by atoms with Crippen LogP contribution in [0.4, 0.5) is 4.39 Å². The smallest absolute Gasteiger partial charge is 0.272 e. The van der Waals surface area contributed by atoms with Crippen LogP contribution in [0, 0.1) is 5.82 Å². The number of rotatable bonds is 6. The third-order valence-electron chi connectivity index (χ3n) is 5.37. The summed E-state index contributed by atoms with van der Waals surface area (Å²) in [6, 6.07) is 12.6. The van der Waals surface area contributed by atoms with E-state index in [9.17, 15) is 9.18 Å². The molecule has 0 fully saturated rings. The van der Waals surface area contributed by atoms with Gasteiger partial charge in [-0.05, 0) is 37.5 Å². The van der Waals surface area contributed by atoms with Crippen molar-refractivity contribution in [1.82, 2.24) is 25.4 Å². The van der Waals surface area contributed by atoms with Gasteiger partial charge in [-0.2, -0.15) is 5.10 Å². The summed E-state index contributed by atoms with van der Waals surface area (Å²) < 4.78 is 15.6. The zero-order chi connectivity index (χ0) is 20.2. The Bertz CT molecular complexity index is 1000. The Kier molecular flexibility index (Phi) is 5.67. The number of nitrogens with one attached hydrogen (secondary N) is 2. The number of amides is 1. The largest absolute Gasteiger partial charge is 0.346 e. The molecule has 1 atom stereocenters. The Morgan fingerprint density at radius 2 is 2.03 bits per heavy atom. The number of fused-ring (bicyclic) bond motifs is 1. The summed E-state index contributed by atoms with van der Waals surface area (Å²) in [7, 11) is 1.87. The van der Waals surface area contributed by atoms with Crippen LogP contribution in [-0.4, -0.2) is 26.7 Å². The highest BCUT2D eigenvalue weighted by atomic mass is 19.1. The fourth-order valence-corrected chi connectivity index (χ4v) is 3.80. The molecule has 0 radical (unpaired) electrons. The van der Waals surface area contributed by atoms with Crippen molar-refractivity contribution in [3.05, 3.63) is 82.7 Å². The lowest BCUT2D eigenvalue weighted by Crippen LogP contribution is -2.35. The van der Waals surface area contributed by atoms with Gasteiger partial charge in [0.15, 0.2) is 5.69 Å². The summed E-state index contributed by atoms with van der Waals surface area (Å²) in [5.74, 6) is -0.592. The highest BCUT2D eigenvalue weighted by Gasteiger charge is 2.28. The molecule has 0 spiro atoms. The van der Waals surface area contributed by atoms with E-state index in [0.717, 1.165) is 36.2 Å². The molecule has 1 aromatic carbocycles. The number of carbonyl (C=O) groups excluding carboxylic acids is 1. The molecule has 1 aliphatic rings. The molecule has 1 amide bonds. The van der Waals surface area contributed by atoms with Gasteiger partial charge in [0.1, 0.15) is 5.82 Å². The van der Waals surface area contributed by atoms with Crippen LogP contribution >= 0.6 is 0 Å². The van der Waals surface area contributed by atoms with E-state index in [1.807, 2.05) is 25.2 Å². The topological polar surface area (TPSA) is 71.8 Å². The minimum absolute atomic E-state index is 0.137. The second-order valence-electron chi connectivity index (χ2n) is 7.31. The summed E-state index contributed by atoms with van der Waals surface area (Å²) in [6.45, 7) is 0.828. The molecule has 0 saturated carbocycles. The quantitative estimate of drug-likeness (QED) is 0.675. The SMILES string of the molecule is Cn1nc(C(=O)NCc2ccccc2F)c2c1CC[C@@H](NCc1ccccn1)C2. The monoisotopic (exact) mass is 393 g/mol. The summed E-state index contributed by atoms with van der Waals surface area (Å²) in [6.07, 6.45) is 4.36. The first-order valence-corrected chi connectivity index (χ1v) is 9.81. The zero-order valence-electron chi connectivity index (χ0n) is 16.4. The molecular weight excluding hydrogens is 369 g/mol. The number of aromatic nitrogens is 3. The lowest BCUT2D eigenvalue weighted by atomic mass is 9.91. The van der Waals surface area contributed by atoms with Crippen molar-refractivity contribution >= 4 is 5.91 Å². The molecular formula is C22H24FN5O. The van der Waals surface area contributed by atoms with Crippen molar-refractivity contribution in [1.29, 1.82) is 0 Å². The van der Waals surface area contributed by atoms with Gasteiger partial charge in [-0.3, -0.25) is 14.5 Å². The zero-order valence-corrected chi connectivity index (χ0v) is 16.4. The number of aryl methyl sites for hydroxylation is 1. The maximum absolute atomic E-state index is 13.8. The molecule has 0 bridgehead atoms. The number of halogens is 1. The molecule has 29 heavy (non-hydrogen) atoms. The van der Waals surface area contributed by atoms with Crippen LogP contribution in [0.1, 0.15) is 39.4 Å². The van der Waals surface area contributed by atoms with Crippen molar-refractivity contribution in [3.8, 4) is 0 Å². The van der Waals surface area contributed by atoms with E-state index in [4.69, 9.17) is 0 Å². The summed E-state index contributed by atoms with van der Waals surface area (Å²) >= 11 is 0. The molecule has 0 unspecified atom stereocenters. The molecule has 6 nitrogen and oxygen atoms in total. The fourth-order valence-electron chi connectivity index (χ4n) is 3.80. The van der Waals surface area contributed by atoms with Gasteiger partial charge < -0.3 is 10.6 Å². The van der Waals surface area contributed by atoms with Crippen LogP contribution < -0.4 is 10.6 Å². The molecule has 1 aliphatic carbocycles. The molecule has 3 aromatic rings. The van der Waals surface area contributed by atoms with Gasteiger partial charge in [0, 0.05) is 49.2 Å². The van der Waals surface area contributed by atoms with E-state index in [0.29, 0.717) is 17.8 Å². The summed E-state index contributed by atoms with van der Waals surface area (Å²) in [5.41, 5.74) is 3.95. The van der Waals surface area contributed by atoms with Crippen molar-refractivity contribution in [2.24, 2.45) is 7.05 Å². The number of pyridine rings is 1. The first-order chi connectivity index (χ1) is 14.1. The fraction of sp³-hybridized carbons (Fsp3) is 0.318. The van der Waals surface area contributed by atoms with Crippen LogP contribution in [0.5, 0.6) is 0 Å². The minimum Gasteiger partial charge on any atom is -0.346 e. The standard InChI is InChI=1S/C22H24FN5O/c1-28-20-10-9-16(25-14-17-7-4-5-11-24-17)12-18(20)21(27-28)22(29)26-13-15-6-2-3-8-19(15)23/h2-8,11,16,25H,9-10,12-14H2,1H3,(H,26,29)/t16-/m1/s1. The average Bonchev–Trinajstić information content (AvgIpc) is 3.08. The van der Waals surface area contributed by atoms with E-state index in [1.165, 1.54) is 6.07 Å². The first-order valence-electron chi connectivity index (χ1n) is 9.81. The summed E-state index contributed by atoms with van der Waals surface area (Å²) in [4.78, 5) is 17.1. The second kappa shape index (κ2) is 8.53. The highest BCUT2D eigenvalue weighted by molar-refractivity contribution is 5.94. The van der Waals surface area contributed by atoms with Crippen molar-refractivity contribution in [3.63, 3.8) is 0 Å². The first kappa shape index (κ1) is 19.3. The lowest BCUT2D eigenvalue weighted by Gasteiger charge is -2.24. The Balaban J connectivity index is 1.43. The number of carbonyl (C=O) groups is 1. The van der Waals surface area contributed by atoms with Crippen LogP contribution in [0.3, 0.4) is 0 Å². The van der Waals surface area contributed by atoms with Gasteiger partial charge >= 0.3 is 0 Å². The number of hydrogen-bond donors (Lipinski definition) is 2. The normalized spacial score (nSPS) is 15.7. The van der Waals surface area contributed by atoms with E-state index in [-0.39, 0.29) is 24.3 Å². The van der Waals surface area contributed by atoms with Crippen LogP contribution in [0.25, 0.3) is 0 Å². The number of benzene rings is 1. The Labute approximate surface area is 169 Å². The summed E-state index contributed by atoms with van der Waals surface area (Å²) in [5, 5.41) is 10.8. The van der Waals surface area contributed by atoms with E-state index < -0.39 is 0 Å². The number of nitrogens with zero attached hydrogens (tertiary/aromatic N) is 3.